The highest BCUT2D eigenvalue weighted by Crippen LogP contribution is 2.25. The SMILES string of the molecule is CC(C)(C)OC(=O)N[C@@H](Cc1noc2c1CCCC2)C(=O)OC(C)(C)C. The normalized spacial score (nSPS) is 15.8. The fraction of sp³-hybridized carbons (Fsp3) is 0.737. The van der Waals surface area contributed by atoms with Crippen LogP contribution in [0.3, 0.4) is 0 Å². The minimum Gasteiger partial charge on any atom is -0.458 e. The van der Waals surface area contributed by atoms with E-state index in [0.29, 0.717) is 5.69 Å². The van der Waals surface area contributed by atoms with Crippen LogP contribution < -0.4 is 5.32 Å². The number of ether oxygens (including phenoxy) is 2. The predicted octanol–water partition coefficient (Wildman–Crippen LogP) is 3.33. The first-order chi connectivity index (χ1) is 11.9. The lowest BCUT2D eigenvalue weighted by Crippen LogP contribution is -2.47. The molecule has 1 aliphatic rings. The summed E-state index contributed by atoms with van der Waals surface area (Å²) >= 11 is 0. The van der Waals surface area contributed by atoms with Crippen LogP contribution >= 0.6 is 0 Å². The zero-order valence-electron chi connectivity index (χ0n) is 16.6. The maximum atomic E-state index is 12.6. The fourth-order valence-corrected chi connectivity index (χ4v) is 2.82. The monoisotopic (exact) mass is 366 g/mol. The topological polar surface area (TPSA) is 90.7 Å². The quantitative estimate of drug-likeness (QED) is 0.822. The van der Waals surface area contributed by atoms with E-state index in [9.17, 15) is 9.59 Å². The second-order valence-corrected chi connectivity index (χ2v) is 8.67. The molecule has 2 rings (SSSR count). The highest BCUT2D eigenvalue weighted by molar-refractivity contribution is 5.82. The molecule has 0 fully saturated rings. The van der Waals surface area contributed by atoms with E-state index in [0.717, 1.165) is 37.0 Å². The summed E-state index contributed by atoms with van der Waals surface area (Å²) in [6.07, 6.45) is 3.43. The van der Waals surface area contributed by atoms with Crippen LogP contribution in [-0.4, -0.2) is 34.5 Å². The second kappa shape index (κ2) is 7.68. The van der Waals surface area contributed by atoms with Gasteiger partial charge >= 0.3 is 12.1 Å². The second-order valence-electron chi connectivity index (χ2n) is 8.67. The van der Waals surface area contributed by atoms with Gasteiger partial charge in [0.1, 0.15) is 23.0 Å². The Balaban J connectivity index is 2.16. The first-order valence-corrected chi connectivity index (χ1v) is 9.13. The smallest absolute Gasteiger partial charge is 0.408 e. The van der Waals surface area contributed by atoms with Crippen LogP contribution in [0.5, 0.6) is 0 Å². The summed E-state index contributed by atoms with van der Waals surface area (Å²) in [5.74, 6) is 0.363. The van der Waals surface area contributed by atoms with E-state index in [1.54, 1.807) is 41.5 Å². The molecule has 1 aliphatic carbocycles. The molecular weight excluding hydrogens is 336 g/mol. The van der Waals surface area contributed by atoms with Crippen molar-refractivity contribution >= 4 is 12.1 Å². The van der Waals surface area contributed by atoms with Gasteiger partial charge in [0.15, 0.2) is 0 Å². The summed E-state index contributed by atoms with van der Waals surface area (Å²) in [5, 5.41) is 6.75. The van der Waals surface area contributed by atoms with Gasteiger partial charge in [-0.2, -0.15) is 0 Å². The third-order valence-electron chi connectivity index (χ3n) is 3.81. The molecule has 0 saturated heterocycles. The Morgan fingerprint density at radius 1 is 1.08 bits per heavy atom. The van der Waals surface area contributed by atoms with Gasteiger partial charge in [-0.05, 0) is 60.8 Å². The average molecular weight is 366 g/mol. The van der Waals surface area contributed by atoms with Gasteiger partial charge in [-0.25, -0.2) is 9.59 Å². The maximum absolute atomic E-state index is 12.6. The molecule has 0 spiro atoms. The van der Waals surface area contributed by atoms with E-state index in [1.807, 2.05) is 0 Å². The zero-order chi connectivity index (χ0) is 19.5. The van der Waals surface area contributed by atoms with Gasteiger partial charge in [0.2, 0.25) is 0 Å². The van der Waals surface area contributed by atoms with Crippen molar-refractivity contribution in [3.05, 3.63) is 17.0 Å². The highest BCUT2D eigenvalue weighted by atomic mass is 16.6. The Morgan fingerprint density at radius 3 is 2.31 bits per heavy atom. The third kappa shape index (κ3) is 6.04. The number of hydrogen-bond acceptors (Lipinski definition) is 6. The number of carbonyl (C=O) groups excluding carboxylic acids is 2. The summed E-state index contributed by atoms with van der Waals surface area (Å²) in [4.78, 5) is 24.8. The van der Waals surface area contributed by atoms with Gasteiger partial charge in [0, 0.05) is 18.4 Å². The Hall–Kier alpha value is -2.05. The molecule has 1 amide bonds. The Kier molecular flexibility index (Phi) is 5.98. The molecule has 26 heavy (non-hydrogen) atoms. The Labute approximate surface area is 154 Å². The lowest BCUT2D eigenvalue weighted by molar-refractivity contribution is -0.157. The summed E-state index contributed by atoms with van der Waals surface area (Å²) in [6, 6.07) is -0.889. The highest BCUT2D eigenvalue weighted by Gasteiger charge is 2.31. The molecule has 7 heteroatoms. The molecule has 0 aromatic carbocycles. The number of nitrogens with zero attached hydrogens (tertiary/aromatic N) is 1. The van der Waals surface area contributed by atoms with Crippen molar-refractivity contribution in [3.8, 4) is 0 Å². The number of rotatable bonds is 4. The van der Waals surface area contributed by atoms with Crippen molar-refractivity contribution in [3.63, 3.8) is 0 Å². The van der Waals surface area contributed by atoms with Crippen LogP contribution in [0.1, 0.15) is 71.4 Å². The van der Waals surface area contributed by atoms with Crippen molar-refractivity contribution in [1.29, 1.82) is 0 Å². The molecule has 1 aromatic rings. The van der Waals surface area contributed by atoms with Crippen molar-refractivity contribution in [2.24, 2.45) is 0 Å². The van der Waals surface area contributed by atoms with Gasteiger partial charge in [-0.1, -0.05) is 5.16 Å². The summed E-state index contributed by atoms with van der Waals surface area (Å²) in [5.41, 5.74) is 0.437. The number of amides is 1. The molecule has 0 unspecified atom stereocenters. The standard InChI is InChI=1S/C19H30N2O5/c1-18(2,3)24-16(22)14(20-17(23)25-19(4,5)6)11-13-12-9-7-8-10-15(12)26-21-13/h14H,7-11H2,1-6H3,(H,20,23)/t14-/m0/s1. The van der Waals surface area contributed by atoms with Gasteiger partial charge in [0.05, 0.1) is 5.69 Å². The van der Waals surface area contributed by atoms with Gasteiger partial charge in [-0.15, -0.1) is 0 Å². The molecular formula is C19H30N2O5. The van der Waals surface area contributed by atoms with E-state index in [4.69, 9.17) is 14.0 Å². The third-order valence-corrected chi connectivity index (χ3v) is 3.81. The van der Waals surface area contributed by atoms with Crippen molar-refractivity contribution in [2.75, 3.05) is 0 Å². The van der Waals surface area contributed by atoms with Crippen LogP contribution in [0.25, 0.3) is 0 Å². The molecule has 1 atom stereocenters. The average Bonchev–Trinajstić information content (AvgIpc) is 2.86. The number of hydrogen-bond donors (Lipinski definition) is 1. The number of alkyl carbamates (subject to hydrolysis) is 1. The fourth-order valence-electron chi connectivity index (χ4n) is 2.82. The first kappa shape index (κ1) is 20.3. The maximum Gasteiger partial charge on any atom is 0.408 e. The summed E-state index contributed by atoms with van der Waals surface area (Å²) in [7, 11) is 0. The molecule has 7 nitrogen and oxygen atoms in total. The van der Waals surface area contributed by atoms with E-state index >= 15 is 0 Å². The Bertz CT molecular complexity index is 652. The molecule has 1 aromatic heterocycles. The number of nitrogens with one attached hydrogen (secondary N) is 1. The summed E-state index contributed by atoms with van der Waals surface area (Å²) < 4.78 is 16.1. The van der Waals surface area contributed by atoms with E-state index < -0.39 is 29.3 Å². The number of carbonyl (C=O) groups is 2. The molecule has 0 radical (unpaired) electrons. The largest absolute Gasteiger partial charge is 0.458 e. The number of fused-ring (bicyclic) bond motifs is 1. The Morgan fingerprint density at radius 2 is 1.69 bits per heavy atom. The number of aromatic nitrogens is 1. The lowest BCUT2D eigenvalue weighted by Gasteiger charge is -2.26. The van der Waals surface area contributed by atoms with Crippen LogP contribution in [-0.2, 0) is 33.5 Å². The van der Waals surface area contributed by atoms with Crippen LogP contribution in [0.15, 0.2) is 4.52 Å². The number of aryl methyl sites for hydroxylation is 1. The molecule has 1 N–H and O–H groups in total. The first-order valence-electron chi connectivity index (χ1n) is 9.13. The van der Waals surface area contributed by atoms with Gasteiger partial charge < -0.3 is 19.3 Å². The minimum atomic E-state index is -0.889. The lowest BCUT2D eigenvalue weighted by atomic mass is 9.94. The number of esters is 1. The minimum absolute atomic E-state index is 0.215. The van der Waals surface area contributed by atoms with E-state index in [-0.39, 0.29) is 6.42 Å². The van der Waals surface area contributed by atoms with Crippen LogP contribution in [0.4, 0.5) is 4.79 Å². The zero-order valence-corrected chi connectivity index (χ0v) is 16.6. The molecule has 0 bridgehead atoms. The van der Waals surface area contributed by atoms with Gasteiger partial charge in [0.25, 0.3) is 0 Å². The van der Waals surface area contributed by atoms with Gasteiger partial charge in [-0.3, -0.25) is 0 Å². The van der Waals surface area contributed by atoms with Crippen molar-refractivity contribution in [1.82, 2.24) is 10.5 Å². The van der Waals surface area contributed by atoms with Crippen LogP contribution in [0.2, 0.25) is 0 Å². The molecule has 1 heterocycles. The summed E-state index contributed by atoms with van der Waals surface area (Å²) in [6.45, 7) is 10.7. The van der Waals surface area contributed by atoms with E-state index in [1.165, 1.54) is 0 Å². The molecule has 0 saturated carbocycles. The predicted molar refractivity (Wildman–Crippen MR) is 95.9 cm³/mol. The molecule has 146 valence electrons. The van der Waals surface area contributed by atoms with Crippen molar-refractivity contribution in [2.45, 2.75) is 90.9 Å². The molecule has 0 aliphatic heterocycles. The van der Waals surface area contributed by atoms with Crippen LogP contribution in [0, 0.1) is 0 Å². The van der Waals surface area contributed by atoms with E-state index in [2.05, 4.69) is 10.5 Å². The van der Waals surface area contributed by atoms with Crippen molar-refractivity contribution < 1.29 is 23.6 Å².